The van der Waals surface area contributed by atoms with Crippen LogP contribution in [0.1, 0.15) is 17.9 Å². The maximum Gasteiger partial charge on any atom is 0.125 e. The molecular weight excluding hydrogens is 322 g/mol. The van der Waals surface area contributed by atoms with E-state index in [1.165, 1.54) is 11.3 Å². The number of hydrogen-bond donors (Lipinski definition) is 1. The van der Waals surface area contributed by atoms with E-state index in [0.717, 1.165) is 37.7 Å². The van der Waals surface area contributed by atoms with E-state index in [1.54, 1.807) is 19.3 Å². The number of aliphatic hydroxyl groups excluding tert-OH is 1. The lowest BCUT2D eigenvalue weighted by Gasteiger charge is -2.08. The van der Waals surface area contributed by atoms with Crippen LogP contribution in [0.15, 0.2) is 36.7 Å². The van der Waals surface area contributed by atoms with E-state index in [-0.39, 0.29) is 0 Å². The van der Waals surface area contributed by atoms with Crippen molar-refractivity contribution in [3.8, 4) is 22.6 Å². The number of pyridine rings is 1. The van der Waals surface area contributed by atoms with Crippen LogP contribution in [0.5, 0.6) is 0 Å². The summed E-state index contributed by atoms with van der Waals surface area (Å²) in [7, 11) is 3.83. The van der Waals surface area contributed by atoms with Crippen LogP contribution < -0.4 is 0 Å². The summed E-state index contributed by atoms with van der Waals surface area (Å²) in [5.41, 5.74) is 3.88. The fourth-order valence-corrected chi connectivity index (χ4v) is 3.84. The van der Waals surface area contributed by atoms with Gasteiger partial charge in [0.25, 0.3) is 0 Å². The molecule has 0 spiro atoms. The molecule has 0 unspecified atom stereocenters. The Kier molecular flexibility index (Phi) is 3.47. The smallest absolute Gasteiger partial charge is 0.125 e. The Hall–Kier alpha value is -2.51. The summed E-state index contributed by atoms with van der Waals surface area (Å²) < 4.78 is 3.66. The van der Waals surface area contributed by atoms with Gasteiger partial charge in [-0.15, -0.1) is 11.3 Å². The Morgan fingerprint density at radius 3 is 2.29 bits per heavy atom. The van der Waals surface area contributed by atoms with E-state index in [1.807, 2.05) is 41.7 Å². The summed E-state index contributed by atoms with van der Waals surface area (Å²) in [6.45, 7) is 1.77. The van der Waals surface area contributed by atoms with E-state index in [9.17, 15) is 5.11 Å². The van der Waals surface area contributed by atoms with Gasteiger partial charge in [-0.05, 0) is 31.2 Å². The zero-order valence-electron chi connectivity index (χ0n) is 13.6. The number of thiophene rings is 1. The molecule has 0 radical (unpaired) electrons. The summed E-state index contributed by atoms with van der Waals surface area (Å²) in [4.78, 5) is 6.61. The molecule has 0 saturated carbocycles. The van der Waals surface area contributed by atoms with Gasteiger partial charge < -0.3 is 5.11 Å². The maximum atomic E-state index is 9.95. The van der Waals surface area contributed by atoms with E-state index >= 15 is 0 Å². The highest BCUT2D eigenvalue weighted by molar-refractivity contribution is 7.18. The standard InChI is InChI=1S/C17H17N5OS/c1-10(23)16-9-12-11(14-4-6-18-21(14)2)8-13(20-17(12)24-16)15-5-7-19-22(15)3/h4-10,23H,1-3H3/t10-/m1/s1. The van der Waals surface area contributed by atoms with Crippen LogP contribution in [-0.4, -0.2) is 29.7 Å². The summed E-state index contributed by atoms with van der Waals surface area (Å²) >= 11 is 1.52. The molecule has 0 aliphatic carbocycles. The number of rotatable bonds is 3. The second-order valence-electron chi connectivity index (χ2n) is 5.78. The minimum absolute atomic E-state index is 0.510. The molecule has 7 heteroatoms. The van der Waals surface area contributed by atoms with Crippen molar-refractivity contribution in [1.29, 1.82) is 0 Å². The Bertz CT molecular complexity index is 1030. The molecule has 122 valence electrons. The van der Waals surface area contributed by atoms with Crippen LogP contribution in [0.3, 0.4) is 0 Å². The van der Waals surface area contributed by atoms with Crippen molar-refractivity contribution in [2.45, 2.75) is 13.0 Å². The van der Waals surface area contributed by atoms with E-state index in [2.05, 4.69) is 16.3 Å². The van der Waals surface area contributed by atoms with E-state index < -0.39 is 6.10 Å². The molecule has 4 aromatic rings. The predicted octanol–water partition coefficient (Wildman–Crippen LogP) is 3.15. The van der Waals surface area contributed by atoms with Crippen molar-refractivity contribution >= 4 is 21.6 Å². The van der Waals surface area contributed by atoms with Gasteiger partial charge in [0.15, 0.2) is 0 Å². The van der Waals surface area contributed by atoms with Crippen molar-refractivity contribution in [1.82, 2.24) is 24.5 Å². The molecule has 0 bridgehead atoms. The van der Waals surface area contributed by atoms with Gasteiger partial charge >= 0.3 is 0 Å². The number of hydrogen-bond acceptors (Lipinski definition) is 5. The summed E-state index contributed by atoms with van der Waals surface area (Å²) in [5.74, 6) is 0. The van der Waals surface area contributed by atoms with Crippen molar-refractivity contribution in [3.05, 3.63) is 41.5 Å². The second-order valence-corrected chi connectivity index (χ2v) is 6.84. The van der Waals surface area contributed by atoms with E-state index in [0.29, 0.717) is 0 Å². The lowest BCUT2D eigenvalue weighted by Crippen LogP contribution is -1.98. The molecule has 4 aromatic heterocycles. The average molecular weight is 339 g/mol. The fraction of sp³-hybridized carbons (Fsp3) is 0.235. The van der Waals surface area contributed by atoms with Crippen LogP contribution in [0.4, 0.5) is 0 Å². The zero-order valence-corrected chi connectivity index (χ0v) is 14.4. The first-order valence-electron chi connectivity index (χ1n) is 7.64. The van der Waals surface area contributed by atoms with Gasteiger partial charge in [0.1, 0.15) is 4.83 Å². The minimum atomic E-state index is -0.510. The Morgan fingerprint density at radius 1 is 1.04 bits per heavy atom. The molecule has 6 nitrogen and oxygen atoms in total. The molecule has 0 aliphatic rings. The molecule has 0 saturated heterocycles. The van der Waals surface area contributed by atoms with Crippen molar-refractivity contribution in [2.24, 2.45) is 14.1 Å². The number of aromatic nitrogens is 5. The average Bonchev–Trinajstić information content (AvgIpc) is 3.25. The maximum absolute atomic E-state index is 9.95. The first kappa shape index (κ1) is 15.0. The topological polar surface area (TPSA) is 68.8 Å². The second kappa shape index (κ2) is 5.54. The third-order valence-corrected chi connectivity index (χ3v) is 5.32. The van der Waals surface area contributed by atoms with Gasteiger partial charge in [-0.25, -0.2) is 4.98 Å². The Labute approximate surface area is 143 Å². The molecule has 0 aliphatic heterocycles. The first-order valence-corrected chi connectivity index (χ1v) is 8.45. The van der Waals surface area contributed by atoms with Gasteiger partial charge in [0, 0.05) is 42.3 Å². The normalized spacial score (nSPS) is 12.8. The SMILES string of the molecule is C[C@@H](O)c1cc2c(-c3ccnn3C)cc(-c3ccnn3C)nc2s1. The molecule has 4 rings (SSSR count). The molecule has 0 fully saturated rings. The summed E-state index contributed by atoms with van der Waals surface area (Å²) in [6.07, 6.45) is 3.04. The number of nitrogens with zero attached hydrogens (tertiary/aromatic N) is 5. The van der Waals surface area contributed by atoms with Gasteiger partial charge in [0.05, 0.1) is 23.2 Å². The Balaban J connectivity index is 2.04. The molecule has 1 N–H and O–H groups in total. The van der Waals surface area contributed by atoms with Crippen LogP contribution in [0, 0.1) is 0 Å². The number of aryl methyl sites for hydroxylation is 2. The fourth-order valence-electron chi connectivity index (χ4n) is 2.84. The van der Waals surface area contributed by atoms with Gasteiger partial charge in [-0.1, -0.05) is 0 Å². The van der Waals surface area contributed by atoms with Crippen LogP contribution in [0.2, 0.25) is 0 Å². The zero-order chi connectivity index (χ0) is 16.8. The highest BCUT2D eigenvalue weighted by Gasteiger charge is 2.17. The van der Waals surface area contributed by atoms with Crippen LogP contribution in [-0.2, 0) is 14.1 Å². The number of fused-ring (bicyclic) bond motifs is 1. The summed E-state index contributed by atoms with van der Waals surface area (Å²) in [5, 5.41) is 19.5. The van der Waals surface area contributed by atoms with Crippen molar-refractivity contribution in [2.75, 3.05) is 0 Å². The van der Waals surface area contributed by atoms with Gasteiger partial charge in [-0.3, -0.25) is 9.36 Å². The first-order chi connectivity index (χ1) is 11.5. The molecule has 0 aromatic carbocycles. The predicted molar refractivity (Wildman–Crippen MR) is 94.7 cm³/mol. The third kappa shape index (κ3) is 2.33. The van der Waals surface area contributed by atoms with Crippen molar-refractivity contribution < 1.29 is 5.11 Å². The van der Waals surface area contributed by atoms with Crippen molar-refractivity contribution in [3.63, 3.8) is 0 Å². The third-order valence-electron chi connectivity index (χ3n) is 4.12. The lowest BCUT2D eigenvalue weighted by molar-refractivity contribution is 0.203. The van der Waals surface area contributed by atoms with Crippen LogP contribution >= 0.6 is 11.3 Å². The highest BCUT2D eigenvalue weighted by Crippen LogP contribution is 2.37. The molecule has 0 amide bonds. The summed E-state index contributed by atoms with van der Waals surface area (Å²) in [6, 6.07) is 8.02. The molecule has 1 atom stereocenters. The molecule has 24 heavy (non-hydrogen) atoms. The minimum Gasteiger partial charge on any atom is -0.388 e. The number of aliphatic hydroxyl groups is 1. The van der Waals surface area contributed by atoms with E-state index in [4.69, 9.17) is 4.98 Å². The lowest BCUT2D eigenvalue weighted by atomic mass is 10.1. The van der Waals surface area contributed by atoms with Gasteiger partial charge in [0.2, 0.25) is 0 Å². The van der Waals surface area contributed by atoms with Crippen LogP contribution in [0.25, 0.3) is 32.9 Å². The monoisotopic (exact) mass is 339 g/mol. The Morgan fingerprint density at radius 2 is 1.71 bits per heavy atom. The largest absolute Gasteiger partial charge is 0.388 e. The quantitative estimate of drug-likeness (QED) is 0.622. The van der Waals surface area contributed by atoms with Gasteiger partial charge in [-0.2, -0.15) is 10.2 Å². The molecule has 4 heterocycles. The molecular formula is C17H17N5OS. The highest BCUT2D eigenvalue weighted by atomic mass is 32.1.